The molecule has 0 spiro atoms. The quantitative estimate of drug-likeness (QED) is 0.338. The van der Waals surface area contributed by atoms with E-state index in [1.165, 1.54) is 5.56 Å². The minimum absolute atomic E-state index is 0.0258. The smallest absolute Gasteiger partial charge is 0.258 e. The van der Waals surface area contributed by atoms with E-state index < -0.39 is 6.04 Å². The zero-order chi connectivity index (χ0) is 33.6. The van der Waals surface area contributed by atoms with Crippen LogP contribution in [0.3, 0.4) is 0 Å². The molecule has 3 rings (SSSR count). The number of amides is 2. The van der Waals surface area contributed by atoms with E-state index in [4.69, 9.17) is 14.2 Å². The standard InChI is InChI=1S/C36H56N4O6/c1-26-22-40(27(2)25-41)36(43)32-21-30(37-35(42)12-10-19-38(4)5)15-18-33(32)46-28(3)11-8-9-20-45-34(26)24-39(6)23-29-13-16-31(44-7)17-14-29/h13-18,21,26-28,34,41H,8-12,19-20,22-25H2,1-7H3,(H,37,42)/t26-,27+,28-,34+/m1/s1. The van der Waals surface area contributed by atoms with Gasteiger partial charge in [-0.3, -0.25) is 14.5 Å². The van der Waals surface area contributed by atoms with E-state index in [0.29, 0.717) is 43.1 Å². The molecule has 256 valence electrons. The van der Waals surface area contributed by atoms with Crippen LogP contribution in [0.4, 0.5) is 5.69 Å². The molecule has 4 atom stereocenters. The summed E-state index contributed by atoms with van der Waals surface area (Å²) in [6, 6.07) is 12.9. The second-order valence-electron chi connectivity index (χ2n) is 13.0. The second-order valence-corrected chi connectivity index (χ2v) is 13.0. The molecule has 0 saturated heterocycles. The van der Waals surface area contributed by atoms with Crippen LogP contribution in [0.1, 0.15) is 68.8 Å². The minimum Gasteiger partial charge on any atom is -0.497 e. The van der Waals surface area contributed by atoms with E-state index in [0.717, 1.165) is 44.5 Å². The first-order valence-electron chi connectivity index (χ1n) is 16.6. The molecule has 2 N–H and O–H groups in total. The zero-order valence-electron chi connectivity index (χ0n) is 29.0. The highest BCUT2D eigenvalue weighted by molar-refractivity contribution is 5.99. The molecule has 0 radical (unpaired) electrons. The molecular formula is C36H56N4O6. The van der Waals surface area contributed by atoms with Crippen molar-refractivity contribution < 1.29 is 28.9 Å². The number of carbonyl (C=O) groups is 2. The van der Waals surface area contributed by atoms with E-state index in [1.807, 2.05) is 45.0 Å². The number of aliphatic hydroxyl groups excluding tert-OH is 1. The van der Waals surface area contributed by atoms with Gasteiger partial charge in [-0.05, 0) is 103 Å². The normalized spacial score (nSPS) is 20.5. The summed E-state index contributed by atoms with van der Waals surface area (Å²) >= 11 is 0. The highest BCUT2D eigenvalue weighted by Gasteiger charge is 2.30. The lowest BCUT2D eigenvalue weighted by Gasteiger charge is -2.36. The van der Waals surface area contributed by atoms with Crippen molar-refractivity contribution in [3.63, 3.8) is 0 Å². The van der Waals surface area contributed by atoms with Crippen molar-refractivity contribution in [3.8, 4) is 11.5 Å². The Hall–Kier alpha value is -3.18. The van der Waals surface area contributed by atoms with E-state index in [1.54, 1.807) is 30.2 Å². The molecule has 0 fully saturated rings. The predicted octanol–water partition coefficient (Wildman–Crippen LogP) is 4.90. The Labute approximate surface area is 276 Å². The van der Waals surface area contributed by atoms with Crippen LogP contribution >= 0.6 is 0 Å². The van der Waals surface area contributed by atoms with Crippen molar-refractivity contribution in [3.05, 3.63) is 53.6 Å². The number of ether oxygens (including phenoxy) is 3. The fraction of sp³-hybridized carbons (Fsp3) is 0.611. The maximum Gasteiger partial charge on any atom is 0.258 e. The predicted molar refractivity (Wildman–Crippen MR) is 183 cm³/mol. The summed E-state index contributed by atoms with van der Waals surface area (Å²) < 4.78 is 18.1. The van der Waals surface area contributed by atoms with Crippen molar-refractivity contribution in [2.24, 2.45) is 5.92 Å². The van der Waals surface area contributed by atoms with Crippen LogP contribution in [0.2, 0.25) is 0 Å². The molecule has 46 heavy (non-hydrogen) atoms. The lowest BCUT2D eigenvalue weighted by Crippen LogP contribution is -2.47. The SMILES string of the molecule is COc1ccc(CN(C)C[C@@H]2OCCCC[C@@H](C)Oc3ccc(NC(=O)CCCN(C)C)cc3C(=O)N([C@@H](C)CO)C[C@H]2C)cc1. The van der Waals surface area contributed by atoms with E-state index in [-0.39, 0.29) is 36.5 Å². The first kappa shape index (κ1) is 37.3. The number of nitrogens with zero attached hydrogens (tertiary/aromatic N) is 3. The Morgan fingerprint density at radius 2 is 1.87 bits per heavy atom. The lowest BCUT2D eigenvalue weighted by atomic mass is 10.0. The van der Waals surface area contributed by atoms with Gasteiger partial charge in [0.15, 0.2) is 0 Å². The third-order valence-corrected chi connectivity index (χ3v) is 8.45. The Morgan fingerprint density at radius 1 is 1.13 bits per heavy atom. The summed E-state index contributed by atoms with van der Waals surface area (Å²) in [4.78, 5) is 33.0. The van der Waals surface area contributed by atoms with Gasteiger partial charge >= 0.3 is 0 Å². The number of hydrogen-bond donors (Lipinski definition) is 2. The average Bonchev–Trinajstić information content (AvgIpc) is 3.02. The highest BCUT2D eigenvalue weighted by Crippen LogP contribution is 2.29. The van der Waals surface area contributed by atoms with Crippen molar-refractivity contribution >= 4 is 17.5 Å². The van der Waals surface area contributed by atoms with Crippen LogP contribution in [0.25, 0.3) is 0 Å². The molecular weight excluding hydrogens is 584 g/mol. The number of nitrogens with one attached hydrogen (secondary N) is 1. The van der Waals surface area contributed by atoms with Crippen molar-refractivity contribution in [2.45, 2.75) is 77.7 Å². The molecule has 1 heterocycles. The third kappa shape index (κ3) is 11.9. The Balaban J connectivity index is 1.85. The zero-order valence-corrected chi connectivity index (χ0v) is 29.0. The van der Waals surface area contributed by atoms with Gasteiger partial charge in [0.1, 0.15) is 11.5 Å². The summed E-state index contributed by atoms with van der Waals surface area (Å²) in [6.45, 7) is 9.03. The largest absolute Gasteiger partial charge is 0.497 e. The summed E-state index contributed by atoms with van der Waals surface area (Å²) in [5.74, 6) is 0.934. The number of rotatable bonds is 12. The summed E-state index contributed by atoms with van der Waals surface area (Å²) in [5, 5.41) is 13.2. The molecule has 10 nitrogen and oxygen atoms in total. The van der Waals surface area contributed by atoms with Crippen molar-refractivity contribution in [1.29, 1.82) is 0 Å². The summed E-state index contributed by atoms with van der Waals surface area (Å²) in [7, 11) is 7.70. The van der Waals surface area contributed by atoms with Crippen LogP contribution in [0.5, 0.6) is 11.5 Å². The number of hydrogen-bond acceptors (Lipinski definition) is 8. The van der Waals surface area contributed by atoms with E-state index in [2.05, 4.69) is 36.3 Å². The Bertz CT molecular complexity index is 1220. The van der Waals surface area contributed by atoms with Gasteiger partial charge in [-0.2, -0.15) is 0 Å². The maximum atomic E-state index is 14.3. The van der Waals surface area contributed by atoms with Gasteiger partial charge in [0, 0.05) is 44.3 Å². The molecule has 2 aromatic rings. The molecule has 0 bridgehead atoms. The molecule has 0 aliphatic carbocycles. The Morgan fingerprint density at radius 3 is 2.54 bits per heavy atom. The fourth-order valence-corrected chi connectivity index (χ4v) is 5.66. The van der Waals surface area contributed by atoms with E-state index >= 15 is 0 Å². The van der Waals surface area contributed by atoms with Gasteiger partial charge in [-0.1, -0.05) is 19.1 Å². The van der Waals surface area contributed by atoms with Crippen LogP contribution in [0.15, 0.2) is 42.5 Å². The molecule has 10 heteroatoms. The molecule has 1 aliphatic heterocycles. The number of methoxy groups -OCH3 is 1. The molecule has 2 aromatic carbocycles. The first-order valence-corrected chi connectivity index (χ1v) is 16.6. The number of fused-ring (bicyclic) bond motifs is 1. The lowest BCUT2D eigenvalue weighted by molar-refractivity contribution is -0.116. The van der Waals surface area contributed by atoms with Gasteiger partial charge in [0.2, 0.25) is 5.91 Å². The summed E-state index contributed by atoms with van der Waals surface area (Å²) in [6.07, 6.45) is 3.53. The Kier molecular flexibility index (Phi) is 15.3. The second kappa shape index (κ2) is 18.8. The van der Waals surface area contributed by atoms with Crippen molar-refractivity contribution in [1.82, 2.24) is 14.7 Å². The van der Waals surface area contributed by atoms with Gasteiger partial charge in [0.25, 0.3) is 5.91 Å². The van der Waals surface area contributed by atoms with Crippen LogP contribution in [-0.4, -0.2) is 111 Å². The molecule has 2 amide bonds. The molecule has 0 aromatic heterocycles. The number of benzene rings is 2. The van der Waals surface area contributed by atoms with Gasteiger partial charge in [0.05, 0.1) is 37.5 Å². The van der Waals surface area contributed by atoms with Gasteiger partial charge in [-0.15, -0.1) is 0 Å². The average molecular weight is 641 g/mol. The molecule has 0 unspecified atom stereocenters. The number of anilines is 1. The molecule has 0 saturated carbocycles. The number of carbonyl (C=O) groups excluding carboxylic acids is 2. The topological polar surface area (TPSA) is 104 Å². The fourth-order valence-electron chi connectivity index (χ4n) is 5.66. The molecule has 1 aliphatic rings. The monoisotopic (exact) mass is 640 g/mol. The minimum atomic E-state index is -0.435. The van der Waals surface area contributed by atoms with Gasteiger partial charge < -0.3 is 34.4 Å². The maximum absolute atomic E-state index is 14.3. The number of aliphatic hydroxyl groups is 1. The van der Waals surface area contributed by atoms with Crippen LogP contribution < -0.4 is 14.8 Å². The van der Waals surface area contributed by atoms with Crippen LogP contribution in [0, 0.1) is 5.92 Å². The summed E-state index contributed by atoms with van der Waals surface area (Å²) in [5.41, 5.74) is 2.09. The van der Waals surface area contributed by atoms with Gasteiger partial charge in [-0.25, -0.2) is 0 Å². The van der Waals surface area contributed by atoms with Crippen LogP contribution in [-0.2, 0) is 16.1 Å². The third-order valence-electron chi connectivity index (χ3n) is 8.45. The highest BCUT2D eigenvalue weighted by atomic mass is 16.5. The van der Waals surface area contributed by atoms with Crippen molar-refractivity contribution in [2.75, 3.05) is 66.4 Å². The van der Waals surface area contributed by atoms with E-state index in [9.17, 15) is 14.7 Å². The first-order chi connectivity index (χ1) is 22.0. The number of likely N-dealkylation sites (N-methyl/N-ethyl adjacent to an activating group) is 1.